The fourth-order valence-electron chi connectivity index (χ4n) is 2.34. The fourth-order valence-corrected chi connectivity index (χ4v) is 2.34. The molecule has 1 saturated carbocycles. The van der Waals surface area contributed by atoms with Gasteiger partial charge in [0.15, 0.2) is 0 Å². The Kier molecular flexibility index (Phi) is 3.82. The highest BCUT2D eigenvalue weighted by molar-refractivity contribution is 5.49. The molecule has 2 unspecified atom stereocenters. The first kappa shape index (κ1) is 12.1. The third kappa shape index (κ3) is 3.58. The zero-order valence-corrected chi connectivity index (χ0v) is 9.83. The lowest BCUT2D eigenvalue weighted by molar-refractivity contribution is -0.0498. The number of ether oxygens (including phenoxy) is 1. The molecule has 2 nitrogen and oxygen atoms in total. The van der Waals surface area contributed by atoms with Gasteiger partial charge in [-0.2, -0.15) is 8.78 Å². The minimum atomic E-state index is -2.77. The van der Waals surface area contributed by atoms with Crippen molar-refractivity contribution >= 4 is 5.69 Å². The van der Waals surface area contributed by atoms with Crippen LogP contribution in [0.2, 0.25) is 0 Å². The van der Waals surface area contributed by atoms with E-state index in [1.165, 1.54) is 12.5 Å². The van der Waals surface area contributed by atoms with Crippen molar-refractivity contribution in [2.24, 2.45) is 5.92 Å². The largest absolute Gasteiger partial charge is 0.435 e. The van der Waals surface area contributed by atoms with E-state index in [0.717, 1.165) is 24.4 Å². The van der Waals surface area contributed by atoms with Crippen LogP contribution >= 0.6 is 0 Å². The number of alkyl halides is 2. The van der Waals surface area contributed by atoms with Crippen molar-refractivity contribution < 1.29 is 13.5 Å². The summed E-state index contributed by atoms with van der Waals surface area (Å²) in [4.78, 5) is 0. The molecule has 2 atom stereocenters. The molecule has 0 amide bonds. The maximum absolute atomic E-state index is 12.1. The van der Waals surface area contributed by atoms with Gasteiger partial charge in [-0.25, -0.2) is 0 Å². The van der Waals surface area contributed by atoms with Gasteiger partial charge in [0, 0.05) is 17.8 Å². The zero-order valence-electron chi connectivity index (χ0n) is 9.83. The third-order valence-corrected chi connectivity index (χ3v) is 3.12. The van der Waals surface area contributed by atoms with Gasteiger partial charge in [-0.1, -0.05) is 13.0 Å². The van der Waals surface area contributed by atoms with Crippen molar-refractivity contribution in [3.8, 4) is 5.75 Å². The fraction of sp³-hybridized carbons (Fsp3) is 0.538. The van der Waals surface area contributed by atoms with Crippen LogP contribution in [0.3, 0.4) is 0 Å². The molecule has 0 bridgehead atoms. The summed E-state index contributed by atoms with van der Waals surface area (Å²) >= 11 is 0. The van der Waals surface area contributed by atoms with Crippen LogP contribution in [0.5, 0.6) is 5.75 Å². The lowest BCUT2D eigenvalue weighted by atomic mass is 10.1. The molecule has 0 saturated heterocycles. The highest BCUT2D eigenvalue weighted by Crippen LogP contribution is 2.28. The standard InChI is InChI=1S/C13H17F2NO/c1-9-5-6-11(7-9)16-10-3-2-4-12(8-10)17-13(14)15/h2-4,8-9,11,13,16H,5-7H2,1H3. The quantitative estimate of drug-likeness (QED) is 0.863. The van der Waals surface area contributed by atoms with Crippen molar-refractivity contribution in [1.82, 2.24) is 0 Å². The number of hydrogen-bond donors (Lipinski definition) is 1. The van der Waals surface area contributed by atoms with Gasteiger partial charge in [0.1, 0.15) is 5.75 Å². The Morgan fingerprint density at radius 3 is 2.82 bits per heavy atom. The molecule has 1 fully saturated rings. The van der Waals surface area contributed by atoms with Crippen LogP contribution in [0, 0.1) is 5.92 Å². The van der Waals surface area contributed by atoms with E-state index in [2.05, 4.69) is 17.0 Å². The summed E-state index contributed by atoms with van der Waals surface area (Å²) in [6.45, 7) is -0.533. The first-order chi connectivity index (χ1) is 8.13. The molecular weight excluding hydrogens is 224 g/mol. The average molecular weight is 241 g/mol. The average Bonchev–Trinajstić information content (AvgIpc) is 2.63. The normalized spacial score (nSPS) is 24.0. The molecule has 0 aliphatic heterocycles. The van der Waals surface area contributed by atoms with Gasteiger partial charge in [0.25, 0.3) is 0 Å². The summed E-state index contributed by atoms with van der Waals surface area (Å²) in [6.07, 6.45) is 3.51. The maximum Gasteiger partial charge on any atom is 0.387 e. The Labute approximate surface area is 100.0 Å². The zero-order chi connectivity index (χ0) is 12.3. The van der Waals surface area contributed by atoms with Crippen LogP contribution in [-0.2, 0) is 0 Å². The van der Waals surface area contributed by atoms with Gasteiger partial charge in [-0.15, -0.1) is 0 Å². The summed E-state index contributed by atoms with van der Waals surface area (Å²) in [5.74, 6) is 0.948. The Balaban J connectivity index is 1.96. The minimum Gasteiger partial charge on any atom is -0.435 e. The molecule has 17 heavy (non-hydrogen) atoms. The molecule has 0 radical (unpaired) electrons. The highest BCUT2D eigenvalue weighted by Gasteiger charge is 2.20. The van der Waals surface area contributed by atoms with E-state index in [1.807, 2.05) is 6.07 Å². The van der Waals surface area contributed by atoms with E-state index in [9.17, 15) is 8.78 Å². The van der Waals surface area contributed by atoms with Gasteiger partial charge in [0.05, 0.1) is 0 Å². The topological polar surface area (TPSA) is 21.3 Å². The number of halogens is 2. The second-order valence-electron chi connectivity index (χ2n) is 4.67. The van der Waals surface area contributed by atoms with E-state index in [-0.39, 0.29) is 5.75 Å². The Morgan fingerprint density at radius 2 is 2.18 bits per heavy atom. The van der Waals surface area contributed by atoms with E-state index in [0.29, 0.717) is 6.04 Å². The molecule has 1 aliphatic carbocycles. The molecule has 1 aromatic rings. The Morgan fingerprint density at radius 1 is 1.35 bits per heavy atom. The molecule has 4 heteroatoms. The smallest absolute Gasteiger partial charge is 0.387 e. The van der Waals surface area contributed by atoms with E-state index < -0.39 is 6.61 Å². The summed E-state index contributed by atoms with van der Waals surface area (Å²) in [5, 5.41) is 3.36. The van der Waals surface area contributed by atoms with E-state index in [4.69, 9.17) is 0 Å². The van der Waals surface area contributed by atoms with Gasteiger partial charge in [0.2, 0.25) is 0 Å². The Bertz CT molecular complexity index is 370. The predicted molar refractivity (Wildman–Crippen MR) is 63.5 cm³/mol. The van der Waals surface area contributed by atoms with E-state index in [1.54, 1.807) is 12.1 Å². The van der Waals surface area contributed by atoms with E-state index >= 15 is 0 Å². The molecule has 0 aromatic heterocycles. The maximum atomic E-state index is 12.1. The molecule has 1 aliphatic rings. The monoisotopic (exact) mass is 241 g/mol. The second-order valence-corrected chi connectivity index (χ2v) is 4.67. The van der Waals surface area contributed by atoms with Gasteiger partial charge < -0.3 is 10.1 Å². The number of nitrogens with one attached hydrogen (secondary N) is 1. The third-order valence-electron chi connectivity index (χ3n) is 3.12. The molecule has 94 valence electrons. The molecular formula is C13H17F2NO. The lowest BCUT2D eigenvalue weighted by Crippen LogP contribution is -2.15. The van der Waals surface area contributed by atoms with Crippen LogP contribution in [-0.4, -0.2) is 12.7 Å². The summed E-state index contributed by atoms with van der Waals surface area (Å²) in [5.41, 5.74) is 0.849. The van der Waals surface area contributed by atoms with Crippen molar-refractivity contribution in [2.45, 2.75) is 38.8 Å². The summed E-state index contributed by atoms with van der Waals surface area (Å²) in [6, 6.07) is 7.20. The van der Waals surface area contributed by atoms with Gasteiger partial charge >= 0.3 is 6.61 Å². The molecule has 0 heterocycles. The van der Waals surface area contributed by atoms with Gasteiger partial charge in [-0.05, 0) is 37.3 Å². The molecule has 0 spiro atoms. The van der Waals surface area contributed by atoms with Crippen LogP contribution in [0.1, 0.15) is 26.2 Å². The van der Waals surface area contributed by atoms with Crippen LogP contribution in [0.15, 0.2) is 24.3 Å². The van der Waals surface area contributed by atoms with Crippen LogP contribution < -0.4 is 10.1 Å². The van der Waals surface area contributed by atoms with Crippen molar-refractivity contribution in [3.63, 3.8) is 0 Å². The SMILES string of the molecule is CC1CCC(Nc2cccc(OC(F)F)c2)C1. The summed E-state index contributed by atoms with van der Waals surface area (Å²) in [7, 11) is 0. The lowest BCUT2D eigenvalue weighted by Gasteiger charge is -2.14. The predicted octanol–water partition coefficient (Wildman–Crippen LogP) is 3.89. The summed E-state index contributed by atoms with van der Waals surface area (Å²) < 4.78 is 28.5. The van der Waals surface area contributed by atoms with Crippen molar-refractivity contribution in [1.29, 1.82) is 0 Å². The first-order valence-corrected chi connectivity index (χ1v) is 5.95. The second kappa shape index (κ2) is 5.34. The highest BCUT2D eigenvalue weighted by atomic mass is 19.3. The molecule has 2 rings (SSSR count). The van der Waals surface area contributed by atoms with Gasteiger partial charge in [-0.3, -0.25) is 0 Å². The number of rotatable bonds is 4. The van der Waals surface area contributed by atoms with Crippen molar-refractivity contribution in [2.75, 3.05) is 5.32 Å². The minimum absolute atomic E-state index is 0.205. The van der Waals surface area contributed by atoms with Crippen LogP contribution in [0.25, 0.3) is 0 Å². The molecule has 1 aromatic carbocycles. The molecule has 1 N–H and O–H groups in total. The number of hydrogen-bond acceptors (Lipinski definition) is 2. The number of benzene rings is 1. The first-order valence-electron chi connectivity index (χ1n) is 5.95. The van der Waals surface area contributed by atoms with Crippen LogP contribution in [0.4, 0.5) is 14.5 Å². The van der Waals surface area contributed by atoms with Crippen molar-refractivity contribution in [3.05, 3.63) is 24.3 Å². The Hall–Kier alpha value is -1.32. The number of anilines is 1.